The van der Waals surface area contributed by atoms with Gasteiger partial charge in [-0.25, -0.2) is 24.4 Å². The van der Waals surface area contributed by atoms with Crippen LogP contribution >= 0.6 is 0 Å². The molecule has 1 aromatic rings. The Balaban J connectivity index is 3.05. The summed E-state index contributed by atoms with van der Waals surface area (Å²) >= 11 is 0. The van der Waals surface area contributed by atoms with Crippen molar-refractivity contribution in [3.8, 4) is 0 Å². The second-order valence-corrected chi connectivity index (χ2v) is 3.44. The van der Waals surface area contributed by atoms with E-state index in [2.05, 4.69) is 10.2 Å². The van der Waals surface area contributed by atoms with Crippen LogP contribution in [0.5, 0.6) is 0 Å². The quantitative estimate of drug-likeness (QED) is 0.512. The highest BCUT2D eigenvalue weighted by Crippen LogP contribution is 1.96. The lowest BCUT2D eigenvalue weighted by Gasteiger charge is -2.16. The maximum atomic E-state index is 10.9. The zero-order chi connectivity index (χ0) is 9.35. The summed E-state index contributed by atoms with van der Waals surface area (Å²) in [6.45, 7) is 3.68. The van der Waals surface area contributed by atoms with E-state index in [9.17, 15) is 9.59 Å². The number of nitrogens with two attached hydrogens (primary N) is 1. The van der Waals surface area contributed by atoms with Crippen LogP contribution in [-0.2, 0) is 6.54 Å². The normalized spacial score (nSPS) is 11.9. The van der Waals surface area contributed by atoms with Crippen LogP contribution in [0.2, 0.25) is 0 Å². The number of rotatable bonds is 2. The third-order valence-corrected chi connectivity index (χ3v) is 1.33. The third-order valence-electron chi connectivity index (χ3n) is 1.33. The van der Waals surface area contributed by atoms with Crippen LogP contribution in [0.3, 0.4) is 0 Å². The number of hydrogen-bond donors (Lipinski definition) is 3. The van der Waals surface area contributed by atoms with Crippen LogP contribution in [-0.4, -0.2) is 20.3 Å². The minimum atomic E-state index is -0.570. The molecule has 0 saturated carbocycles. The van der Waals surface area contributed by atoms with Crippen molar-refractivity contribution in [2.45, 2.75) is 25.9 Å². The number of aromatic amines is 2. The summed E-state index contributed by atoms with van der Waals surface area (Å²) < 4.78 is 1.03. The molecule has 0 unspecified atom stereocenters. The molecule has 4 N–H and O–H groups in total. The molecule has 68 valence electrons. The number of nitrogens with zero attached hydrogens (tertiary/aromatic N) is 1. The fraction of sp³-hybridized carbons (Fsp3) is 0.667. The Bertz CT molecular complexity index is 336. The van der Waals surface area contributed by atoms with Gasteiger partial charge in [0.05, 0.1) is 0 Å². The van der Waals surface area contributed by atoms with Crippen LogP contribution in [0.1, 0.15) is 13.8 Å². The summed E-state index contributed by atoms with van der Waals surface area (Å²) in [6.07, 6.45) is 0. The SMILES string of the molecule is CC(C)(N)Cn1c(=O)[nH][nH]c1=O. The molecule has 12 heavy (non-hydrogen) atoms. The van der Waals surface area contributed by atoms with Crippen molar-refractivity contribution in [1.82, 2.24) is 14.8 Å². The highest BCUT2D eigenvalue weighted by molar-refractivity contribution is 4.76. The standard InChI is InChI=1S/C6H12N4O2/c1-6(2,7)3-10-4(11)8-9-5(10)12/h3,7H2,1-2H3,(H,8,11)(H,9,12). The van der Waals surface area contributed by atoms with Gasteiger partial charge in [0, 0.05) is 12.1 Å². The van der Waals surface area contributed by atoms with E-state index in [1.807, 2.05) is 0 Å². The molecule has 1 aromatic heterocycles. The molecule has 0 aromatic carbocycles. The zero-order valence-electron chi connectivity index (χ0n) is 7.05. The van der Waals surface area contributed by atoms with E-state index >= 15 is 0 Å². The van der Waals surface area contributed by atoms with E-state index in [0.717, 1.165) is 4.57 Å². The van der Waals surface area contributed by atoms with Gasteiger partial charge < -0.3 is 5.73 Å². The van der Waals surface area contributed by atoms with Crippen molar-refractivity contribution in [1.29, 1.82) is 0 Å². The molecular formula is C6H12N4O2. The van der Waals surface area contributed by atoms with Crippen molar-refractivity contribution in [3.05, 3.63) is 21.0 Å². The predicted molar refractivity (Wildman–Crippen MR) is 43.9 cm³/mol. The Kier molecular flexibility index (Phi) is 1.93. The summed E-state index contributed by atoms with van der Waals surface area (Å²) in [5.74, 6) is 0. The fourth-order valence-electron chi connectivity index (χ4n) is 0.885. The van der Waals surface area contributed by atoms with Gasteiger partial charge in [0.15, 0.2) is 0 Å². The van der Waals surface area contributed by atoms with Crippen molar-refractivity contribution >= 4 is 0 Å². The van der Waals surface area contributed by atoms with E-state index in [-0.39, 0.29) is 6.54 Å². The Hall–Kier alpha value is -1.30. The maximum Gasteiger partial charge on any atom is 0.344 e. The number of aromatic nitrogens is 3. The largest absolute Gasteiger partial charge is 0.344 e. The Labute approximate surface area is 68.4 Å². The van der Waals surface area contributed by atoms with Crippen molar-refractivity contribution < 1.29 is 0 Å². The van der Waals surface area contributed by atoms with E-state index in [1.165, 1.54) is 0 Å². The lowest BCUT2D eigenvalue weighted by atomic mass is 10.1. The first-order valence-corrected chi connectivity index (χ1v) is 3.56. The van der Waals surface area contributed by atoms with Gasteiger partial charge in [-0.1, -0.05) is 0 Å². The van der Waals surface area contributed by atoms with Gasteiger partial charge in [-0.3, -0.25) is 0 Å². The monoisotopic (exact) mass is 172 g/mol. The van der Waals surface area contributed by atoms with E-state index in [1.54, 1.807) is 13.8 Å². The number of hydrogen-bond acceptors (Lipinski definition) is 3. The van der Waals surface area contributed by atoms with Gasteiger partial charge in [-0.2, -0.15) is 0 Å². The predicted octanol–water partition coefficient (Wildman–Crippen LogP) is -1.40. The molecule has 0 radical (unpaired) electrons. The maximum absolute atomic E-state index is 10.9. The first-order valence-electron chi connectivity index (χ1n) is 3.56. The minimum Gasteiger partial charge on any atom is -0.324 e. The molecule has 0 aliphatic carbocycles. The molecule has 0 atom stereocenters. The van der Waals surface area contributed by atoms with E-state index in [0.29, 0.717) is 0 Å². The lowest BCUT2D eigenvalue weighted by Crippen LogP contribution is -2.43. The van der Waals surface area contributed by atoms with Gasteiger partial charge in [-0.15, -0.1) is 0 Å². The molecule has 0 spiro atoms. The molecule has 0 aliphatic rings. The Morgan fingerprint density at radius 2 is 1.75 bits per heavy atom. The lowest BCUT2D eigenvalue weighted by molar-refractivity contribution is 0.420. The zero-order valence-corrected chi connectivity index (χ0v) is 7.05. The second-order valence-electron chi connectivity index (χ2n) is 3.44. The van der Waals surface area contributed by atoms with Crippen molar-refractivity contribution in [2.75, 3.05) is 0 Å². The highest BCUT2D eigenvalue weighted by atomic mass is 16.2. The van der Waals surface area contributed by atoms with Crippen molar-refractivity contribution in [2.24, 2.45) is 5.73 Å². The molecular weight excluding hydrogens is 160 g/mol. The summed E-state index contributed by atoms with van der Waals surface area (Å²) in [5.41, 5.74) is 4.15. The number of H-pyrrole nitrogens is 2. The van der Waals surface area contributed by atoms with Gasteiger partial charge >= 0.3 is 11.4 Å². The summed E-state index contributed by atoms with van der Waals surface area (Å²) in [5, 5.41) is 4.35. The Morgan fingerprint density at radius 1 is 1.33 bits per heavy atom. The van der Waals surface area contributed by atoms with Gasteiger partial charge in [-0.05, 0) is 13.8 Å². The molecule has 0 fully saturated rings. The van der Waals surface area contributed by atoms with Crippen molar-refractivity contribution in [3.63, 3.8) is 0 Å². The molecule has 0 amide bonds. The molecule has 0 bridgehead atoms. The van der Waals surface area contributed by atoms with Crippen LogP contribution in [0.25, 0.3) is 0 Å². The topological polar surface area (TPSA) is 96.7 Å². The molecule has 1 heterocycles. The molecule has 0 saturated heterocycles. The smallest absolute Gasteiger partial charge is 0.324 e. The van der Waals surface area contributed by atoms with Gasteiger partial charge in [0.25, 0.3) is 0 Å². The average Bonchev–Trinajstić information content (AvgIpc) is 2.16. The molecule has 0 aliphatic heterocycles. The first kappa shape index (κ1) is 8.79. The molecule has 6 heteroatoms. The van der Waals surface area contributed by atoms with E-state index in [4.69, 9.17) is 5.73 Å². The van der Waals surface area contributed by atoms with Crippen LogP contribution < -0.4 is 17.1 Å². The van der Waals surface area contributed by atoms with Gasteiger partial charge in [0.1, 0.15) is 0 Å². The van der Waals surface area contributed by atoms with Crippen LogP contribution in [0, 0.1) is 0 Å². The minimum absolute atomic E-state index is 0.199. The summed E-state index contributed by atoms with van der Waals surface area (Å²) in [7, 11) is 0. The number of nitrogens with one attached hydrogen (secondary N) is 2. The third kappa shape index (κ3) is 1.85. The first-order chi connectivity index (χ1) is 5.40. The highest BCUT2D eigenvalue weighted by Gasteiger charge is 2.14. The fourth-order valence-corrected chi connectivity index (χ4v) is 0.885. The van der Waals surface area contributed by atoms with Crippen LogP contribution in [0.4, 0.5) is 0 Å². The summed E-state index contributed by atoms with van der Waals surface area (Å²) in [6, 6.07) is 0. The average molecular weight is 172 g/mol. The summed E-state index contributed by atoms with van der Waals surface area (Å²) in [4.78, 5) is 21.9. The Morgan fingerprint density at radius 3 is 2.08 bits per heavy atom. The molecule has 1 rings (SSSR count). The van der Waals surface area contributed by atoms with Crippen LogP contribution in [0.15, 0.2) is 9.59 Å². The van der Waals surface area contributed by atoms with Gasteiger partial charge in [0.2, 0.25) is 0 Å². The second kappa shape index (κ2) is 2.63. The molecule has 6 nitrogen and oxygen atoms in total. The van der Waals surface area contributed by atoms with E-state index < -0.39 is 16.9 Å².